The summed E-state index contributed by atoms with van der Waals surface area (Å²) in [7, 11) is -0.594. The Balaban J connectivity index is 1.69. The molecule has 0 radical (unpaired) electrons. The van der Waals surface area contributed by atoms with Crippen molar-refractivity contribution in [3.05, 3.63) is 70.4 Å². The Bertz CT molecular complexity index is 1260. The van der Waals surface area contributed by atoms with E-state index in [2.05, 4.69) is 5.32 Å². The predicted octanol–water partition coefficient (Wildman–Crippen LogP) is 3.74. The lowest BCUT2D eigenvalue weighted by Gasteiger charge is -2.15. The number of amides is 1. The van der Waals surface area contributed by atoms with Crippen LogP contribution in [0.25, 0.3) is 5.69 Å². The van der Waals surface area contributed by atoms with E-state index in [4.69, 9.17) is 5.10 Å². The van der Waals surface area contributed by atoms with E-state index >= 15 is 0 Å². The molecule has 0 saturated heterocycles. The quantitative estimate of drug-likeness (QED) is 0.632. The first-order chi connectivity index (χ1) is 14.7. The van der Waals surface area contributed by atoms with Crippen molar-refractivity contribution in [3.63, 3.8) is 0 Å². The molecule has 162 valence electrons. The topological polar surface area (TPSA) is 84.3 Å². The fourth-order valence-electron chi connectivity index (χ4n) is 3.45. The third kappa shape index (κ3) is 3.88. The molecular weight excluding hydrogens is 432 g/mol. The lowest BCUT2D eigenvalue weighted by atomic mass is 10.1. The van der Waals surface area contributed by atoms with E-state index < -0.39 is 10.0 Å². The van der Waals surface area contributed by atoms with Crippen molar-refractivity contribution >= 4 is 33.5 Å². The Morgan fingerprint density at radius 3 is 2.48 bits per heavy atom. The van der Waals surface area contributed by atoms with Crippen molar-refractivity contribution in [2.24, 2.45) is 0 Å². The van der Waals surface area contributed by atoms with E-state index in [1.165, 1.54) is 38.4 Å². The van der Waals surface area contributed by atoms with Gasteiger partial charge >= 0.3 is 0 Å². The number of nitrogens with zero attached hydrogens (tertiary/aromatic N) is 3. The molecule has 0 atom stereocenters. The third-order valence-electron chi connectivity index (χ3n) is 5.48. The van der Waals surface area contributed by atoms with Gasteiger partial charge < -0.3 is 5.32 Å². The van der Waals surface area contributed by atoms with Crippen LogP contribution in [0.15, 0.2) is 47.4 Å². The number of carbonyl (C=O) groups excluding carboxylic acids is 1. The molecule has 3 aromatic rings. The minimum Gasteiger partial charge on any atom is -0.306 e. The standard InChI is InChI=1S/C22H24N4O3S2/c1-14-6-5-7-20(15(14)2)26-21(18-12-30-13-19(18)24-26)23-22(27)16-8-10-17(11-9-16)31(28,29)25(3)4/h5-11H,12-13H2,1-4H3,(H,23,27). The normalized spacial score (nSPS) is 13.5. The van der Waals surface area contributed by atoms with Crippen LogP contribution in [0.1, 0.15) is 32.7 Å². The molecule has 0 aliphatic carbocycles. The van der Waals surface area contributed by atoms with E-state index in [9.17, 15) is 13.2 Å². The Hall–Kier alpha value is -2.62. The minimum atomic E-state index is -3.54. The maximum Gasteiger partial charge on any atom is 0.256 e. The molecule has 1 aromatic heterocycles. The van der Waals surface area contributed by atoms with E-state index in [0.29, 0.717) is 11.4 Å². The molecule has 1 N–H and O–H groups in total. The molecule has 0 bridgehead atoms. The minimum absolute atomic E-state index is 0.145. The number of hydrogen-bond donors (Lipinski definition) is 1. The summed E-state index contributed by atoms with van der Waals surface area (Å²) in [4.78, 5) is 13.2. The highest BCUT2D eigenvalue weighted by atomic mass is 32.2. The van der Waals surface area contributed by atoms with Crippen LogP contribution in [0.5, 0.6) is 0 Å². The second-order valence-corrected chi connectivity index (χ2v) is 10.8. The molecule has 0 unspecified atom stereocenters. The Labute approximate surface area is 186 Å². The number of sulfonamides is 1. The van der Waals surface area contributed by atoms with Crippen LogP contribution < -0.4 is 5.32 Å². The number of rotatable bonds is 5. The Morgan fingerprint density at radius 2 is 1.81 bits per heavy atom. The van der Waals surface area contributed by atoms with Gasteiger partial charge in [-0.15, -0.1) is 0 Å². The van der Waals surface area contributed by atoms with Crippen LogP contribution in [0, 0.1) is 13.8 Å². The zero-order valence-electron chi connectivity index (χ0n) is 17.8. The highest BCUT2D eigenvalue weighted by Crippen LogP contribution is 2.37. The number of aryl methyl sites for hydroxylation is 1. The molecule has 31 heavy (non-hydrogen) atoms. The van der Waals surface area contributed by atoms with Gasteiger partial charge in [0.1, 0.15) is 5.82 Å². The van der Waals surface area contributed by atoms with Crippen LogP contribution in [-0.4, -0.2) is 42.5 Å². The fraction of sp³-hybridized carbons (Fsp3) is 0.273. The van der Waals surface area contributed by atoms with Gasteiger partial charge in [0.15, 0.2) is 0 Å². The maximum atomic E-state index is 13.0. The second-order valence-electron chi connectivity index (χ2n) is 7.66. The molecule has 0 spiro atoms. The van der Waals surface area contributed by atoms with Crippen molar-refractivity contribution in [2.45, 2.75) is 30.2 Å². The zero-order chi connectivity index (χ0) is 22.3. The largest absolute Gasteiger partial charge is 0.306 e. The van der Waals surface area contributed by atoms with Gasteiger partial charge in [0.05, 0.1) is 16.3 Å². The monoisotopic (exact) mass is 456 g/mol. The number of thioether (sulfide) groups is 1. The summed E-state index contributed by atoms with van der Waals surface area (Å²) in [5, 5.41) is 7.79. The maximum absolute atomic E-state index is 13.0. The van der Waals surface area contributed by atoms with Gasteiger partial charge in [-0.3, -0.25) is 4.79 Å². The number of carbonyl (C=O) groups is 1. The number of aromatic nitrogens is 2. The second kappa shape index (κ2) is 8.14. The van der Waals surface area contributed by atoms with E-state index in [1.54, 1.807) is 11.8 Å². The van der Waals surface area contributed by atoms with Crippen molar-refractivity contribution in [1.29, 1.82) is 0 Å². The number of nitrogens with one attached hydrogen (secondary N) is 1. The molecule has 0 fully saturated rings. The van der Waals surface area contributed by atoms with Gasteiger partial charge in [-0.2, -0.15) is 16.9 Å². The number of anilines is 1. The SMILES string of the molecule is Cc1cccc(-n2nc3c(c2NC(=O)c2ccc(S(=O)(=O)N(C)C)cc2)CSC3)c1C. The van der Waals surface area contributed by atoms with Gasteiger partial charge in [0.25, 0.3) is 5.91 Å². The van der Waals surface area contributed by atoms with Crippen molar-refractivity contribution in [2.75, 3.05) is 19.4 Å². The Kier molecular flexibility index (Phi) is 5.67. The van der Waals surface area contributed by atoms with Crippen LogP contribution >= 0.6 is 11.8 Å². The van der Waals surface area contributed by atoms with Gasteiger partial charge in [-0.25, -0.2) is 17.4 Å². The van der Waals surface area contributed by atoms with Crippen LogP contribution in [0.4, 0.5) is 5.82 Å². The fourth-order valence-corrected chi connectivity index (χ4v) is 5.39. The first kappa shape index (κ1) is 21.6. The zero-order valence-corrected chi connectivity index (χ0v) is 19.5. The predicted molar refractivity (Wildman–Crippen MR) is 123 cm³/mol. The number of hydrogen-bond acceptors (Lipinski definition) is 5. The first-order valence-corrected chi connectivity index (χ1v) is 12.4. The molecule has 9 heteroatoms. The lowest BCUT2D eigenvalue weighted by molar-refractivity contribution is 0.102. The summed E-state index contributed by atoms with van der Waals surface area (Å²) in [6, 6.07) is 12.0. The molecule has 2 aromatic carbocycles. The highest BCUT2D eigenvalue weighted by Gasteiger charge is 2.26. The molecule has 1 aliphatic rings. The molecule has 4 rings (SSSR count). The van der Waals surface area contributed by atoms with Crippen LogP contribution in [0.3, 0.4) is 0 Å². The molecular formula is C22H24N4O3S2. The van der Waals surface area contributed by atoms with E-state index in [-0.39, 0.29) is 10.8 Å². The summed E-state index contributed by atoms with van der Waals surface area (Å²) in [5.74, 6) is 1.96. The molecule has 7 nitrogen and oxygen atoms in total. The smallest absolute Gasteiger partial charge is 0.256 e. The summed E-state index contributed by atoms with van der Waals surface area (Å²) < 4.78 is 27.5. The van der Waals surface area contributed by atoms with E-state index in [0.717, 1.165) is 43.9 Å². The molecule has 0 saturated carbocycles. The lowest BCUT2D eigenvalue weighted by Crippen LogP contribution is -2.22. The van der Waals surface area contributed by atoms with Gasteiger partial charge in [0, 0.05) is 36.7 Å². The van der Waals surface area contributed by atoms with Crippen molar-refractivity contribution in [3.8, 4) is 5.69 Å². The van der Waals surface area contributed by atoms with Gasteiger partial charge in [-0.1, -0.05) is 12.1 Å². The molecule has 1 aliphatic heterocycles. The molecule has 2 heterocycles. The average Bonchev–Trinajstić information content (AvgIpc) is 3.32. The first-order valence-electron chi connectivity index (χ1n) is 9.79. The van der Waals surface area contributed by atoms with Crippen LogP contribution in [-0.2, 0) is 21.5 Å². The average molecular weight is 457 g/mol. The summed E-state index contributed by atoms with van der Waals surface area (Å²) in [6.45, 7) is 4.09. The molecule has 1 amide bonds. The highest BCUT2D eigenvalue weighted by molar-refractivity contribution is 7.98. The summed E-state index contributed by atoms with van der Waals surface area (Å²) in [6.07, 6.45) is 0. The Morgan fingerprint density at radius 1 is 1.10 bits per heavy atom. The third-order valence-corrected chi connectivity index (χ3v) is 8.28. The van der Waals surface area contributed by atoms with Crippen molar-refractivity contribution < 1.29 is 13.2 Å². The van der Waals surface area contributed by atoms with Crippen molar-refractivity contribution in [1.82, 2.24) is 14.1 Å². The van der Waals surface area contributed by atoms with Gasteiger partial charge in [-0.05, 0) is 55.3 Å². The summed E-state index contributed by atoms with van der Waals surface area (Å²) in [5.41, 5.74) is 5.58. The number of benzene rings is 2. The summed E-state index contributed by atoms with van der Waals surface area (Å²) >= 11 is 1.77. The van der Waals surface area contributed by atoms with Gasteiger partial charge in [0.2, 0.25) is 10.0 Å². The van der Waals surface area contributed by atoms with Crippen LogP contribution in [0.2, 0.25) is 0 Å². The number of fused-ring (bicyclic) bond motifs is 1. The van der Waals surface area contributed by atoms with E-state index in [1.807, 2.05) is 36.7 Å².